The summed E-state index contributed by atoms with van der Waals surface area (Å²) in [6.07, 6.45) is 0. The third kappa shape index (κ3) is 2.69. The van der Waals surface area contributed by atoms with E-state index in [1.54, 1.807) is 19.1 Å². The van der Waals surface area contributed by atoms with Gasteiger partial charge < -0.3 is 15.2 Å². The van der Waals surface area contributed by atoms with E-state index in [0.29, 0.717) is 15.7 Å². The van der Waals surface area contributed by atoms with E-state index in [1.807, 2.05) is 0 Å². The largest absolute Gasteiger partial charge is 0.478 e. The molecule has 0 fully saturated rings. The van der Waals surface area contributed by atoms with Crippen molar-refractivity contribution < 1.29 is 14.8 Å². The molecule has 1 heterocycles. The number of halogens is 1. The van der Waals surface area contributed by atoms with Gasteiger partial charge in [-0.05, 0) is 45.5 Å². The van der Waals surface area contributed by atoms with Crippen molar-refractivity contribution in [1.82, 2.24) is 9.78 Å². The number of carboxylic acid groups (broad SMARTS) is 1. The molecule has 0 atom stereocenters. The molecule has 0 unspecified atom stereocenters. The molecule has 1 N–H and O–H groups in total. The molecular formula is C12H10BrN3O4. The van der Waals surface area contributed by atoms with Crippen molar-refractivity contribution in [3.63, 3.8) is 0 Å². The van der Waals surface area contributed by atoms with Gasteiger partial charge in [0, 0.05) is 0 Å². The highest BCUT2D eigenvalue weighted by molar-refractivity contribution is 9.10. The average molecular weight is 340 g/mol. The number of hydrogen-bond acceptors (Lipinski definition) is 4. The zero-order chi connectivity index (χ0) is 14.9. The second kappa shape index (κ2) is 5.41. The summed E-state index contributed by atoms with van der Waals surface area (Å²) in [5, 5.41) is 23.6. The topological polar surface area (TPSA) is 98.3 Å². The molecule has 0 aliphatic heterocycles. The molecule has 0 aliphatic carbocycles. The van der Waals surface area contributed by atoms with Crippen LogP contribution in [0.3, 0.4) is 0 Å². The van der Waals surface area contributed by atoms with E-state index in [2.05, 4.69) is 21.0 Å². The Labute approximate surface area is 122 Å². The smallest absolute Gasteiger partial charge is 0.404 e. The molecule has 20 heavy (non-hydrogen) atoms. The summed E-state index contributed by atoms with van der Waals surface area (Å²) >= 11 is 3.13. The number of nitro groups is 1. The van der Waals surface area contributed by atoms with Crippen LogP contribution in [0.25, 0.3) is 0 Å². The van der Waals surface area contributed by atoms with Crippen LogP contribution in [-0.4, -0.2) is 25.8 Å². The third-order valence-electron chi connectivity index (χ3n) is 2.80. The van der Waals surface area contributed by atoms with Crippen LogP contribution in [0.5, 0.6) is 0 Å². The molecule has 0 saturated carbocycles. The van der Waals surface area contributed by atoms with Gasteiger partial charge in [-0.1, -0.05) is 12.1 Å². The quantitative estimate of drug-likeness (QED) is 0.681. The fourth-order valence-electron chi connectivity index (χ4n) is 1.75. The maximum atomic E-state index is 10.9. The molecule has 0 bridgehead atoms. The Morgan fingerprint density at radius 3 is 2.80 bits per heavy atom. The number of carboxylic acids is 1. The van der Waals surface area contributed by atoms with Crippen molar-refractivity contribution >= 4 is 27.7 Å². The van der Waals surface area contributed by atoms with E-state index in [0.717, 1.165) is 0 Å². The van der Waals surface area contributed by atoms with Crippen LogP contribution in [-0.2, 0) is 6.54 Å². The first-order valence-electron chi connectivity index (χ1n) is 5.59. The van der Waals surface area contributed by atoms with Gasteiger partial charge in [0.25, 0.3) is 0 Å². The first-order chi connectivity index (χ1) is 9.40. The third-order valence-corrected chi connectivity index (χ3v) is 3.72. The minimum absolute atomic E-state index is 0.167. The normalized spacial score (nSPS) is 10.5. The summed E-state index contributed by atoms with van der Waals surface area (Å²) in [7, 11) is 0. The van der Waals surface area contributed by atoms with Crippen LogP contribution >= 0.6 is 15.9 Å². The van der Waals surface area contributed by atoms with E-state index in [4.69, 9.17) is 5.11 Å². The lowest BCUT2D eigenvalue weighted by Gasteiger charge is -2.02. The van der Waals surface area contributed by atoms with Gasteiger partial charge in [-0.3, -0.25) is 0 Å². The summed E-state index contributed by atoms with van der Waals surface area (Å²) in [5.74, 6) is -1.27. The second-order valence-electron chi connectivity index (χ2n) is 4.14. The molecule has 7 nitrogen and oxygen atoms in total. The molecule has 0 aliphatic rings. The summed E-state index contributed by atoms with van der Waals surface area (Å²) in [6, 6.07) is 6.37. The highest BCUT2D eigenvalue weighted by Gasteiger charge is 2.23. The lowest BCUT2D eigenvalue weighted by molar-refractivity contribution is -0.390. The Bertz CT molecular complexity index is 696. The zero-order valence-corrected chi connectivity index (χ0v) is 12.0. The number of rotatable bonds is 4. The maximum Gasteiger partial charge on any atom is 0.404 e. The standard InChI is InChI=1S/C12H10BrN3O4/c1-7-10(13)11(16(19)20)14-15(7)6-8-3-2-4-9(5-8)12(17)18/h2-5H,6H2,1H3,(H,17,18). The Balaban J connectivity index is 2.35. The summed E-state index contributed by atoms with van der Waals surface area (Å²) in [5.41, 5.74) is 1.48. The highest BCUT2D eigenvalue weighted by Crippen LogP contribution is 2.27. The predicted octanol–water partition coefficient (Wildman–Crippen LogP) is 2.61. The highest BCUT2D eigenvalue weighted by atomic mass is 79.9. The first kappa shape index (κ1) is 14.2. The van der Waals surface area contributed by atoms with Gasteiger partial charge in [0.05, 0.1) is 22.9 Å². The Morgan fingerprint density at radius 2 is 2.25 bits per heavy atom. The second-order valence-corrected chi connectivity index (χ2v) is 4.94. The Morgan fingerprint density at radius 1 is 1.55 bits per heavy atom. The van der Waals surface area contributed by atoms with Crippen molar-refractivity contribution in [2.75, 3.05) is 0 Å². The lowest BCUT2D eigenvalue weighted by Crippen LogP contribution is -2.05. The van der Waals surface area contributed by atoms with Crippen LogP contribution in [0, 0.1) is 17.0 Å². The Hall–Kier alpha value is -2.22. The van der Waals surface area contributed by atoms with Gasteiger partial charge in [-0.25, -0.2) is 4.79 Å². The van der Waals surface area contributed by atoms with Crippen LogP contribution < -0.4 is 0 Å². The number of carbonyl (C=O) groups is 1. The van der Waals surface area contributed by atoms with Crippen LogP contribution in [0.2, 0.25) is 0 Å². The van der Waals surface area contributed by atoms with Crippen molar-refractivity contribution in [2.45, 2.75) is 13.5 Å². The average Bonchev–Trinajstić information content (AvgIpc) is 2.67. The fraction of sp³-hybridized carbons (Fsp3) is 0.167. The van der Waals surface area contributed by atoms with E-state index >= 15 is 0 Å². The van der Waals surface area contributed by atoms with E-state index in [9.17, 15) is 14.9 Å². The van der Waals surface area contributed by atoms with E-state index in [-0.39, 0.29) is 17.9 Å². The molecule has 1 aromatic heterocycles. The molecule has 0 amide bonds. The van der Waals surface area contributed by atoms with Gasteiger partial charge in [0.15, 0.2) is 0 Å². The monoisotopic (exact) mass is 339 g/mol. The maximum absolute atomic E-state index is 10.9. The molecule has 2 aromatic rings. The van der Waals surface area contributed by atoms with Gasteiger partial charge in [-0.2, -0.15) is 4.68 Å². The minimum Gasteiger partial charge on any atom is -0.478 e. The zero-order valence-electron chi connectivity index (χ0n) is 10.4. The summed E-state index contributed by atoms with van der Waals surface area (Å²) in [6.45, 7) is 1.96. The predicted molar refractivity (Wildman–Crippen MR) is 73.8 cm³/mol. The number of nitrogens with zero attached hydrogens (tertiary/aromatic N) is 3. The molecule has 2 rings (SSSR count). The minimum atomic E-state index is -1.02. The molecule has 0 spiro atoms. The van der Waals surface area contributed by atoms with Gasteiger partial charge in [0.1, 0.15) is 4.47 Å². The first-order valence-corrected chi connectivity index (χ1v) is 6.39. The SMILES string of the molecule is Cc1c(Br)c([N+](=O)[O-])nn1Cc1cccc(C(=O)O)c1. The van der Waals surface area contributed by atoms with Gasteiger partial charge >= 0.3 is 11.8 Å². The number of aromatic nitrogens is 2. The molecular weight excluding hydrogens is 330 g/mol. The van der Waals surface area contributed by atoms with Crippen molar-refractivity contribution in [3.8, 4) is 0 Å². The molecule has 1 aromatic carbocycles. The summed E-state index contributed by atoms with van der Waals surface area (Å²) < 4.78 is 1.79. The van der Waals surface area contributed by atoms with E-state index < -0.39 is 10.9 Å². The van der Waals surface area contributed by atoms with Gasteiger partial charge in [-0.15, -0.1) is 0 Å². The molecule has 0 radical (unpaired) electrons. The number of aromatic carboxylic acids is 1. The summed E-state index contributed by atoms with van der Waals surface area (Å²) in [4.78, 5) is 21.1. The van der Waals surface area contributed by atoms with Crippen molar-refractivity contribution in [3.05, 3.63) is 55.7 Å². The fourth-order valence-corrected chi connectivity index (χ4v) is 2.18. The molecule has 0 saturated heterocycles. The van der Waals surface area contributed by atoms with Crippen LogP contribution in [0.4, 0.5) is 5.82 Å². The van der Waals surface area contributed by atoms with Crippen LogP contribution in [0.15, 0.2) is 28.7 Å². The van der Waals surface area contributed by atoms with Crippen molar-refractivity contribution in [1.29, 1.82) is 0 Å². The Kier molecular flexibility index (Phi) is 3.84. The lowest BCUT2D eigenvalue weighted by atomic mass is 10.1. The molecule has 104 valence electrons. The van der Waals surface area contributed by atoms with Crippen LogP contribution in [0.1, 0.15) is 21.6 Å². The number of benzene rings is 1. The van der Waals surface area contributed by atoms with E-state index in [1.165, 1.54) is 16.8 Å². The van der Waals surface area contributed by atoms with Gasteiger partial charge in [0.2, 0.25) is 0 Å². The molecule has 8 heteroatoms. The number of hydrogen-bond donors (Lipinski definition) is 1. The van der Waals surface area contributed by atoms with Crippen molar-refractivity contribution in [2.24, 2.45) is 0 Å².